The largest absolute Gasteiger partial charge is 0.355 e. The van der Waals surface area contributed by atoms with Gasteiger partial charge in [0.1, 0.15) is 0 Å². The van der Waals surface area contributed by atoms with Gasteiger partial charge in [-0.05, 0) is 25.9 Å². The van der Waals surface area contributed by atoms with Crippen LogP contribution in [0.3, 0.4) is 0 Å². The van der Waals surface area contributed by atoms with E-state index in [1.54, 1.807) is 24.3 Å². The van der Waals surface area contributed by atoms with Gasteiger partial charge in [0.2, 0.25) is 5.91 Å². The van der Waals surface area contributed by atoms with Crippen molar-refractivity contribution in [3.05, 3.63) is 35.9 Å². The van der Waals surface area contributed by atoms with E-state index in [-0.39, 0.29) is 18.1 Å². The van der Waals surface area contributed by atoms with Crippen molar-refractivity contribution in [1.82, 2.24) is 10.2 Å². The number of carbonyl (C=O) groups excluding carboxylic acids is 2. The molecule has 0 aliphatic carbocycles. The molecule has 0 spiro atoms. The third-order valence-electron chi connectivity index (χ3n) is 3.49. The first-order chi connectivity index (χ1) is 9.15. The molecule has 0 bridgehead atoms. The van der Waals surface area contributed by atoms with Gasteiger partial charge in [-0.15, -0.1) is 0 Å². The third-order valence-corrected chi connectivity index (χ3v) is 3.49. The Morgan fingerprint density at radius 2 is 2.05 bits per heavy atom. The van der Waals surface area contributed by atoms with E-state index >= 15 is 0 Å². The first kappa shape index (κ1) is 13.7. The summed E-state index contributed by atoms with van der Waals surface area (Å²) >= 11 is 0. The van der Waals surface area contributed by atoms with E-state index in [1.807, 2.05) is 6.07 Å². The lowest BCUT2D eigenvalue weighted by Gasteiger charge is -2.11. The van der Waals surface area contributed by atoms with Gasteiger partial charge in [-0.2, -0.15) is 0 Å². The first-order valence-electron chi connectivity index (χ1n) is 6.68. The number of Topliss-reactive ketones (excluding diaryl/α,β-unsaturated/α-hetero) is 1. The van der Waals surface area contributed by atoms with Crippen LogP contribution in [0.5, 0.6) is 0 Å². The Bertz CT molecular complexity index is 445. The number of ketones is 1. The van der Waals surface area contributed by atoms with E-state index in [0.717, 1.165) is 19.5 Å². The third kappa shape index (κ3) is 4.17. The van der Waals surface area contributed by atoms with Gasteiger partial charge in [-0.3, -0.25) is 9.59 Å². The lowest BCUT2D eigenvalue weighted by molar-refractivity contribution is -0.120. The van der Waals surface area contributed by atoms with E-state index in [1.165, 1.54) is 0 Å². The fraction of sp³-hybridized carbons (Fsp3) is 0.467. The Hall–Kier alpha value is -1.68. The molecule has 1 saturated heterocycles. The summed E-state index contributed by atoms with van der Waals surface area (Å²) in [6, 6.07) is 8.94. The Labute approximate surface area is 113 Å². The average molecular weight is 260 g/mol. The van der Waals surface area contributed by atoms with E-state index in [0.29, 0.717) is 18.0 Å². The molecule has 1 aromatic rings. The molecule has 4 heteroatoms. The van der Waals surface area contributed by atoms with Crippen molar-refractivity contribution in [2.45, 2.75) is 12.8 Å². The Balaban J connectivity index is 1.74. The molecular weight excluding hydrogens is 240 g/mol. The zero-order valence-electron chi connectivity index (χ0n) is 11.3. The molecule has 19 heavy (non-hydrogen) atoms. The van der Waals surface area contributed by atoms with Crippen LogP contribution < -0.4 is 5.32 Å². The lowest BCUT2D eigenvalue weighted by Crippen LogP contribution is -2.31. The predicted octanol–water partition coefficient (Wildman–Crippen LogP) is 1.33. The maximum absolute atomic E-state index is 11.8. The SMILES string of the molecule is CN1CCC(CNC(=O)CC(=O)c2ccccc2)C1. The topological polar surface area (TPSA) is 49.4 Å². The van der Waals surface area contributed by atoms with Gasteiger partial charge in [0.15, 0.2) is 5.78 Å². The van der Waals surface area contributed by atoms with E-state index in [2.05, 4.69) is 17.3 Å². The minimum atomic E-state index is -0.177. The summed E-state index contributed by atoms with van der Waals surface area (Å²) in [6.07, 6.45) is 1.05. The molecule has 1 amide bonds. The predicted molar refractivity (Wildman–Crippen MR) is 74.0 cm³/mol. The van der Waals surface area contributed by atoms with Crippen molar-refractivity contribution >= 4 is 11.7 Å². The number of nitrogens with one attached hydrogen (secondary N) is 1. The first-order valence-corrected chi connectivity index (χ1v) is 6.68. The summed E-state index contributed by atoms with van der Waals surface area (Å²) in [5.74, 6) is 0.214. The highest BCUT2D eigenvalue weighted by Gasteiger charge is 2.20. The molecular formula is C15H20N2O2. The molecule has 2 rings (SSSR count). The summed E-state index contributed by atoms with van der Waals surface area (Å²) in [6.45, 7) is 2.78. The molecule has 1 aliphatic heterocycles. The second-order valence-electron chi connectivity index (χ2n) is 5.19. The van der Waals surface area contributed by atoms with Crippen LogP contribution in [0.2, 0.25) is 0 Å². The number of hydrogen-bond acceptors (Lipinski definition) is 3. The molecule has 1 heterocycles. The minimum Gasteiger partial charge on any atom is -0.355 e. The molecule has 1 fully saturated rings. The summed E-state index contributed by atoms with van der Waals surface area (Å²) in [5.41, 5.74) is 0.596. The van der Waals surface area contributed by atoms with Crippen molar-refractivity contribution in [2.24, 2.45) is 5.92 Å². The van der Waals surface area contributed by atoms with E-state index in [9.17, 15) is 9.59 Å². The van der Waals surface area contributed by atoms with Gasteiger partial charge in [0, 0.05) is 18.7 Å². The Morgan fingerprint density at radius 3 is 2.68 bits per heavy atom. The average Bonchev–Trinajstić information content (AvgIpc) is 2.83. The van der Waals surface area contributed by atoms with Crippen LogP contribution in [-0.2, 0) is 4.79 Å². The number of carbonyl (C=O) groups is 2. The molecule has 1 unspecified atom stereocenters. The molecule has 1 atom stereocenters. The van der Waals surface area contributed by atoms with Gasteiger partial charge in [0.25, 0.3) is 0 Å². The summed E-state index contributed by atoms with van der Waals surface area (Å²) in [5, 5.41) is 2.86. The highest BCUT2D eigenvalue weighted by Crippen LogP contribution is 2.12. The zero-order valence-corrected chi connectivity index (χ0v) is 11.3. The van der Waals surface area contributed by atoms with Gasteiger partial charge < -0.3 is 10.2 Å². The van der Waals surface area contributed by atoms with Gasteiger partial charge in [-0.25, -0.2) is 0 Å². The van der Waals surface area contributed by atoms with E-state index in [4.69, 9.17) is 0 Å². The van der Waals surface area contributed by atoms with Crippen molar-refractivity contribution in [3.8, 4) is 0 Å². The van der Waals surface area contributed by atoms with Gasteiger partial charge in [0.05, 0.1) is 6.42 Å². The molecule has 1 aromatic carbocycles. The molecule has 0 aromatic heterocycles. The summed E-state index contributed by atoms with van der Waals surface area (Å²) in [4.78, 5) is 25.8. The van der Waals surface area contributed by atoms with Crippen molar-refractivity contribution in [2.75, 3.05) is 26.7 Å². The number of amides is 1. The molecule has 1 aliphatic rings. The molecule has 4 nitrogen and oxygen atoms in total. The van der Waals surface area contributed by atoms with Crippen molar-refractivity contribution in [1.29, 1.82) is 0 Å². The van der Waals surface area contributed by atoms with Crippen LogP contribution in [0, 0.1) is 5.92 Å². The number of nitrogens with zero attached hydrogens (tertiary/aromatic N) is 1. The summed E-state index contributed by atoms with van der Waals surface area (Å²) < 4.78 is 0. The molecule has 102 valence electrons. The standard InChI is InChI=1S/C15H20N2O2/c1-17-8-7-12(11-17)10-16-15(19)9-14(18)13-5-3-2-4-6-13/h2-6,12H,7-11H2,1H3,(H,16,19). The fourth-order valence-electron chi connectivity index (χ4n) is 2.39. The van der Waals surface area contributed by atoms with Gasteiger partial charge in [-0.1, -0.05) is 30.3 Å². The van der Waals surface area contributed by atoms with Crippen LogP contribution in [0.4, 0.5) is 0 Å². The molecule has 0 saturated carbocycles. The van der Waals surface area contributed by atoms with Crippen LogP contribution >= 0.6 is 0 Å². The second kappa shape index (κ2) is 6.48. The van der Waals surface area contributed by atoms with Crippen molar-refractivity contribution in [3.63, 3.8) is 0 Å². The number of rotatable bonds is 5. The highest BCUT2D eigenvalue weighted by atomic mass is 16.2. The summed E-state index contributed by atoms with van der Waals surface area (Å²) in [7, 11) is 2.08. The smallest absolute Gasteiger partial charge is 0.227 e. The number of likely N-dealkylation sites (tertiary alicyclic amines) is 1. The van der Waals surface area contributed by atoms with Crippen LogP contribution in [0.25, 0.3) is 0 Å². The number of benzene rings is 1. The lowest BCUT2D eigenvalue weighted by atomic mass is 10.1. The maximum Gasteiger partial charge on any atom is 0.227 e. The Morgan fingerprint density at radius 1 is 1.32 bits per heavy atom. The quantitative estimate of drug-likeness (QED) is 0.642. The Kier molecular flexibility index (Phi) is 4.68. The monoisotopic (exact) mass is 260 g/mol. The molecule has 0 radical (unpaired) electrons. The van der Waals surface area contributed by atoms with Crippen molar-refractivity contribution < 1.29 is 9.59 Å². The zero-order chi connectivity index (χ0) is 13.7. The van der Waals surface area contributed by atoms with Gasteiger partial charge >= 0.3 is 0 Å². The van der Waals surface area contributed by atoms with Crippen LogP contribution in [-0.4, -0.2) is 43.3 Å². The number of hydrogen-bond donors (Lipinski definition) is 1. The highest BCUT2D eigenvalue weighted by molar-refractivity contribution is 6.07. The van der Waals surface area contributed by atoms with Crippen LogP contribution in [0.1, 0.15) is 23.2 Å². The minimum absolute atomic E-state index is 0.0629. The normalized spacial score (nSPS) is 19.3. The van der Waals surface area contributed by atoms with Crippen LogP contribution in [0.15, 0.2) is 30.3 Å². The maximum atomic E-state index is 11.8. The second-order valence-corrected chi connectivity index (χ2v) is 5.19. The fourth-order valence-corrected chi connectivity index (χ4v) is 2.39. The van der Waals surface area contributed by atoms with E-state index < -0.39 is 0 Å². The molecule has 1 N–H and O–H groups in total.